The fourth-order valence-electron chi connectivity index (χ4n) is 1.05. The molecule has 66 valence electrons. The van der Waals surface area contributed by atoms with Crippen LogP contribution >= 0.6 is 15.9 Å². The molecule has 0 amide bonds. The number of hydrogen-bond acceptors (Lipinski definition) is 0. The largest absolute Gasteiger partial charge is 0.241 e. The van der Waals surface area contributed by atoms with E-state index in [1.807, 2.05) is 24.3 Å². The van der Waals surface area contributed by atoms with E-state index in [0.717, 1.165) is 12.0 Å². The number of halogens is 2. The van der Waals surface area contributed by atoms with Gasteiger partial charge in [-0.3, -0.25) is 0 Å². The summed E-state index contributed by atoms with van der Waals surface area (Å²) in [7, 11) is 0. The van der Waals surface area contributed by atoms with Gasteiger partial charge in [0.05, 0.1) is 0 Å². The van der Waals surface area contributed by atoms with Crippen molar-refractivity contribution in [3.05, 3.63) is 35.4 Å². The molecule has 1 aromatic rings. The van der Waals surface area contributed by atoms with Gasteiger partial charge in [0.2, 0.25) is 0 Å². The van der Waals surface area contributed by atoms with Crippen LogP contribution in [0.1, 0.15) is 24.2 Å². The Morgan fingerprint density at radius 1 is 1.33 bits per heavy atom. The summed E-state index contributed by atoms with van der Waals surface area (Å²) in [4.78, 5) is 0. The van der Waals surface area contributed by atoms with Gasteiger partial charge in [0.1, 0.15) is 6.17 Å². The minimum absolute atomic E-state index is 0.373. The Morgan fingerprint density at radius 2 is 1.92 bits per heavy atom. The van der Waals surface area contributed by atoms with Gasteiger partial charge in [-0.25, -0.2) is 4.39 Å². The van der Waals surface area contributed by atoms with E-state index in [1.165, 1.54) is 5.56 Å². The van der Waals surface area contributed by atoms with Crippen molar-refractivity contribution in [2.45, 2.75) is 19.5 Å². The van der Waals surface area contributed by atoms with Crippen LogP contribution in [0.2, 0.25) is 0 Å². The number of hydrogen-bond donors (Lipinski definition) is 0. The van der Waals surface area contributed by atoms with Gasteiger partial charge in [-0.05, 0) is 17.5 Å². The smallest absolute Gasteiger partial charge is 0.135 e. The maximum atomic E-state index is 13.1. The Balaban J connectivity index is 2.77. The Labute approximate surface area is 80.9 Å². The molecule has 1 unspecified atom stereocenters. The first kappa shape index (κ1) is 9.72. The second-order valence-electron chi connectivity index (χ2n) is 2.72. The second-order valence-corrected chi connectivity index (χ2v) is 3.36. The maximum Gasteiger partial charge on any atom is 0.135 e. The van der Waals surface area contributed by atoms with Crippen LogP contribution in [0.15, 0.2) is 24.3 Å². The lowest BCUT2D eigenvalue weighted by atomic mass is 10.1. The Hall–Kier alpha value is -0.370. The molecule has 0 aromatic heterocycles. The zero-order valence-electron chi connectivity index (χ0n) is 7.06. The summed E-state index contributed by atoms with van der Waals surface area (Å²) >= 11 is 3.11. The van der Waals surface area contributed by atoms with Gasteiger partial charge in [-0.2, -0.15) is 0 Å². The van der Waals surface area contributed by atoms with E-state index in [-0.39, 0.29) is 0 Å². The van der Waals surface area contributed by atoms with Crippen LogP contribution in [0.5, 0.6) is 0 Å². The SMILES string of the molecule is CCc1ccc(C(F)CBr)cc1. The Morgan fingerprint density at radius 3 is 2.33 bits per heavy atom. The second kappa shape index (κ2) is 4.61. The standard InChI is InChI=1S/C10H12BrF/c1-2-8-3-5-9(6-4-8)10(12)7-11/h3-6,10H,2,7H2,1H3. The van der Waals surface area contributed by atoms with Crippen LogP contribution in [0.3, 0.4) is 0 Å². The van der Waals surface area contributed by atoms with Crippen molar-refractivity contribution in [1.82, 2.24) is 0 Å². The van der Waals surface area contributed by atoms with E-state index in [0.29, 0.717) is 5.33 Å². The van der Waals surface area contributed by atoms with Crippen LogP contribution in [0, 0.1) is 0 Å². The van der Waals surface area contributed by atoms with E-state index < -0.39 is 6.17 Å². The van der Waals surface area contributed by atoms with Crippen LogP contribution < -0.4 is 0 Å². The third-order valence-corrected chi connectivity index (χ3v) is 2.45. The predicted octanol–water partition coefficient (Wildman–Crippen LogP) is 3.65. The van der Waals surface area contributed by atoms with Crippen molar-refractivity contribution in [3.8, 4) is 0 Å². The zero-order chi connectivity index (χ0) is 8.97. The maximum absolute atomic E-state index is 13.1. The van der Waals surface area contributed by atoms with Gasteiger partial charge < -0.3 is 0 Å². The third-order valence-electron chi connectivity index (χ3n) is 1.89. The van der Waals surface area contributed by atoms with Crippen LogP contribution in [-0.2, 0) is 6.42 Å². The molecular formula is C10H12BrF. The molecule has 0 spiro atoms. The predicted molar refractivity (Wildman–Crippen MR) is 53.5 cm³/mol. The van der Waals surface area contributed by atoms with Gasteiger partial charge in [-0.15, -0.1) is 0 Å². The van der Waals surface area contributed by atoms with Crippen molar-refractivity contribution < 1.29 is 4.39 Å². The first-order valence-electron chi connectivity index (χ1n) is 4.06. The minimum Gasteiger partial charge on any atom is -0.241 e. The Bertz CT molecular complexity index is 230. The Kier molecular flexibility index (Phi) is 3.73. The summed E-state index contributed by atoms with van der Waals surface area (Å²) in [6.45, 7) is 2.09. The van der Waals surface area contributed by atoms with Gasteiger partial charge in [0.25, 0.3) is 0 Å². The van der Waals surface area contributed by atoms with E-state index in [1.54, 1.807) is 0 Å². The number of benzene rings is 1. The van der Waals surface area contributed by atoms with Gasteiger partial charge in [0.15, 0.2) is 0 Å². The molecule has 0 fully saturated rings. The van der Waals surface area contributed by atoms with Crippen LogP contribution in [-0.4, -0.2) is 5.33 Å². The normalized spacial score (nSPS) is 12.9. The molecule has 2 heteroatoms. The fourth-order valence-corrected chi connectivity index (χ4v) is 1.43. The molecule has 0 aliphatic carbocycles. The molecule has 1 aromatic carbocycles. The van der Waals surface area contributed by atoms with E-state index in [2.05, 4.69) is 22.9 Å². The van der Waals surface area contributed by atoms with E-state index in [4.69, 9.17) is 0 Å². The van der Waals surface area contributed by atoms with Gasteiger partial charge in [-0.1, -0.05) is 47.1 Å². The monoisotopic (exact) mass is 230 g/mol. The number of aryl methyl sites for hydroxylation is 1. The number of rotatable bonds is 3. The lowest BCUT2D eigenvalue weighted by Crippen LogP contribution is -1.92. The highest BCUT2D eigenvalue weighted by atomic mass is 79.9. The molecular weight excluding hydrogens is 219 g/mol. The van der Waals surface area contributed by atoms with Gasteiger partial charge in [0, 0.05) is 5.33 Å². The van der Waals surface area contributed by atoms with Crippen LogP contribution in [0.4, 0.5) is 4.39 Å². The number of alkyl halides is 2. The van der Waals surface area contributed by atoms with Crippen molar-refractivity contribution >= 4 is 15.9 Å². The highest BCUT2D eigenvalue weighted by Gasteiger charge is 2.06. The molecule has 1 atom stereocenters. The molecule has 0 saturated carbocycles. The molecule has 0 aliphatic rings. The lowest BCUT2D eigenvalue weighted by molar-refractivity contribution is 0.382. The summed E-state index contributed by atoms with van der Waals surface area (Å²) in [5, 5.41) is 0.373. The van der Waals surface area contributed by atoms with Crippen molar-refractivity contribution in [2.24, 2.45) is 0 Å². The quantitative estimate of drug-likeness (QED) is 0.696. The average molecular weight is 231 g/mol. The molecule has 12 heavy (non-hydrogen) atoms. The molecule has 0 heterocycles. The highest BCUT2D eigenvalue weighted by molar-refractivity contribution is 9.09. The molecule has 1 rings (SSSR count). The highest BCUT2D eigenvalue weighted by Crippen LogP contribution is 2.19. The minimum atomic E-state index is -0.879. The zero-order valence-corrected chi connectivity index (χ0v) is 8.64. The van der Waals surface area contributed by atoms with Crippen molar-refractivity contribution in [3.63, 3.8) is 0 Å². The average Bonchev–Trinajstić information content (AvgIpc) is 2.17. The van der Waals surface area contributed by atoms with Crippen molar-refractivity contribution in [1.29, 1.82) is 0 Å². The van der Waals surface area contributed by atoms with Crippen molar-refractivity contribution in [2.75, 3.05) is 5.33 Å². The van der Waals surface area contributed by atoms with Gasteiger partial charge >= 0.3 is 0 Å². The van der Waals surface area contributed by atoms with E-state index in [9.17, 15) is 4.39 Å². The topological polar surface area (TPSA) is 0 Å². The molecule has 0 saturated heterocycles. The first-order chi connectivity index (χ1) is 5.77. The van der Waals surface area contributed by atoms with Crippen LogP contribution in [0.25, 0.3) is 0 Å². The molecule has 0 nitrogen and oxygen atoms in total. The fraction of sp³-hybridized carbons (Fsp3) is 0.400. The molecule has 0 bridgehead atoms. The molecule has 0 N–H and O–H groups in total. The summed E-state index contributed by atoms with van der Waals surface area (Å²) < 4.78 is 13.1. The lowest BCUT2D eigenvalue weighted by Gasteiger charge is -2.04. The molecule has 0 radical (unpaired) electrons. The van der Waals surface area contributed by atoms with E-state index >= 15 is 0 Å². The summed E-state index contributed by atoms with van der Waals surface area (Å²) in [6.07, 6.45) is 0.127. The molecule has 0 aliphatic heterocycles. The summed E-state index contributed by atoms with van der Waals surface area (Å²) in [5.41, 5.74) is 2.00. The summed E-state index contributed by atoms with van der Waals surface area (Å²) in [6, 6.07) is 7.66. The summed E-state index contributed by atoms with van der Waals surface area (Å²) in [5.74, 6) is 0. The first-order valence-corrected chi connectivity index (χ1v) is 5.19. The third kappa shape index (κ3) is 2.31.